The first-order valence-corrected chi connectivity index (χ1v) is 13.2. The van der Waals surface area contributed by atoms with Crippen LogP contribution in [0.2, 0.25) is 5.02 Å². The molecule has 5 nitrogen and oxygen atoms in total. The van der Waals surface area contributed by atoms with Crippen molar-refractivity contribution in [1.82, 2.24) is 15.0 Å². The zero-order valence-corrected chi connectivity index (χ0v) is 23.1. The summed E-state index contributed by atoms with van der Waals surface area (Å²) in [7, 11) is 0. The van der Waals surface area contributed by atoms with Gasteiger partial charge in [0.05, 0.1) is 28.0 Å². The number of aryl methyl sites for hydroxylation is 1. The topological polar surface area (TPSA) is 70.9 Å². The highest BCUT2D eigenvalue weighted by Crippen LogP contribution is 2.37. The fourth-order valence-corrected chi connectivity index (χ4v) is 4.84. The highest BCUT2D eigenvalue weighted by Gasteiger charge is 2.20. The molecule has 0 saturated carbocycles. The number of benzene rings is 3. The quantitative estimate of drug-likeness (QED) is 0.220. The zero-order valence-electron chi connectivity index (χ0n) is 22.3. The van der Waals surface area contributed by atoms with Crippen LogP contribution in [0.3, 0.4) is 0 Å². The average molecular weight is 541 g/mol. The Morgan fingerprint density at radius 2 is 1.67 bits per heavy atom. The van der Waals surface area contributed by atoms with Gasteiger partial charge in [0.15, 0.2) is 5.82 Å². The summed E-state index contributed by atoms with van der Waals surface area (Å²) >= 11 is 6.78. The third-order valence-electron chi connectivity index (χ3n) is 6.76. The van der Waals surface area contributed by atoms with E-state index >= 15 is 4.39 Å². The molecule has 1 atom stereocenters. The van der Waals surface area contributed by atoms with E-state index < -0.39 is 5.60 Å². The molecule has 0 spiro atoms. The Morgan fingerprint density at radius 1 is 0.949 bits per heavy atom. The molecule has 0 bridgehead atoms. The van der Waals surface area contributed by atoms with Crippen molar-refractivity contribution in [2.24, 2.45) is 0 Å². The molecule has 39 heavy (non-hydrogen) atoms. The van der Waals surface area contributed by atoms with Gasteiger partial charge in [-0.3, -0.25) is 4.98 Å². The standard InChI is InChI=1S/C32H30ClFN4O/c1-19(25-15-22(10-12-27(25)34)14-21-8-6-5-7-9-21)38-30-26-16-23(11-13-28(26)37-20(2)29(30)33)24-17-35-31(36-18-24)32(3,4)39/h5-13,15-19,39H,14H2,1-4H3,(H,37,38)/t19-/m1/s1. The normalized spacial score (nSPS) is 12.5. The van der Waals surface area contributed by atoms with Crippen LogP contribution in [-0.4, -0.2) is 20.1 Å². The van der Waals surface area contributed by atoms with Gasteiger partial charge in [-0.05, 0) is 69.0 Å². The first-order chi connectivity index (χ1) is 18.6. The second kappa shape index (κ2) is 10.7. The fourth-order valence-electron chi connectivity index (χ4n) is 4.64. The van der Waals surface area contributed by atoms with Crippen LogP contribution in [-0.2, 0) is 12.0 Å². The monoisotopic (exact) mass is 540 g/mol. The van der Waals surface area contributed by atoms with Crippen LogP contribution in [0.5, 0.6) is 0 Å². The van der Waals surface area contributed by atoms with Crippen molar-refractivity contribution in [2.45, 2.75) is 45.8 Å². The van der Waals surface area contributed by atoms with Gasteiger partial charge in [0, 0.05) is 28.9 Å². The summed E-state index contributed by atoms with van der Waals surface area (Å²) in [4.78, 5) is 13.3. The van der Waals surface area contributed by atoms with E-state index in [4.69, 9.17) is 11.6 Å². The molecule has 5 rings (SSSR count). The lowest BCUT2D eigenvalue weighted by molar-refractivity contribution is 0.0687. The van der Waals surface area contributed by atoms with Crippen LogP contribution < -0.4 is 5.32 Å². The SMILES string of the molecule is Cc1nc2ccc(-c3cnc(C(C)(C)O)nc3)cc2c(N[C@H](C)c2cc(Cc3ccccc3)ccc2F)c1Cl. The number of anilines is 1. The maximum atomic E-state index is 15.0. The van der Waals surface area contributed by atoms with Crippen molar-refractivity contribution in [1.29, 1.82) is 0 Å². The summed E-state index contributed by atoms with van der Waals surface area (Å²) in [5.41, 5.74) is 5.44. The van der Waals surface area contributed by atoms with Gasteiger partial charge in [-0.25, -0.2) is 14.4 Å². The van der Waals surface area contributed by atoms with E-state index in [1.165, 1.54) is 11.6 Å². The minimum Gasteiger partial charge on any atom is -0.382 e. The Bertz CT molecular complexity index is 1630. The number of pyridine rings is 1. The maximum Gasteiger partial charge on any atom is 0.159 e. The lowest BCUT2D eigenvalue weighted by atomic mass is 9.99. The van der Waals surface area contributed by atoms with Crippen molar-refractivity contribution in [3.63, 3.8) is 0 Å². The highest BCUT2D eigenvalue weighted by atomic mass is 35.5. The van der Waals surface area contributed by atoms with Gasteiger partial charge in [0.2, 0.25) is 0 Å². The molecule has 0 aliphatic heterocycles. The van der Waals surface area contributed by atoms with Gasteiger partial charge in [0.25, 0.3) is 0 Å². The smallest absolute Gasteiger partial charge is 0.159 e. The molecule has 0 radical (unpaired) electrons. The van der Waals surface area contributed by atoms with Crippen molar-refractivity contribution in [3.8, 4) is 11.1 Å². The van der Waals surface area contributed by atoms with Crippen LogP contribution in [0, 0.1) is 12.7 Å². The lowest BCUT2D eigenvalue weighted by Crippen LogP contribution is -2.19. The van der Waals surface area contributed by atoms with E-state index in [0.29, 0.717) is 27.8 Å². The number of nitrogens with zero attached hydrogens (tertiary/aromatic N) is 3. The predicted molar refractivity (Wildman–Crippen MR) is 155 cm³/mol. The summed E-state index contributed by atoms with van der Waals surface area (Å²) in [6.07, 6.45) is 4.10. The molecule has 0 aliphatic rings. The maximum absolute atomic E-state index is 15.0. The summed E-state index contributed by atoms with van der Waals surface area (Å²) in [5, 5.41) is 15.0. The third-order valence-corrected chi connectivity index (χ3v) is 7.22. The summed E-state index contributed by atoms with van der Waals surface area (Å²) < 4.78 is 15.0. The zero-order chi connectivity index (χ0) is 27.7. The summed E-state index contributed by atoms with van der Waals surface area (Å²) in [6.45, 7) is 7.08. The highest BCUT2D eigenvalue weighted by molar-refractivity contribution is 6.35. The second-order valence-corrected chi connectivity index (χ2v) is 10.7. The molecule has 2 N–H and O–H groups in total. The first kappa shape index (κ1) is 26.7. The van der Waals surface area contributed by atoms with Crippen molar-refractivity contribution in [3.05, 3.63) is 118 Å². The minimum absolute atomic E-state index is 0.275. The molecule has 0 unspecified atom stereocenters. The molecule has 0 fully saturated rings. The van der Waals surface area contributed by atoms with Gasteiger partial charge in [-0.15, -0.1) is 0 Å². The van der Waals surface area contributed by atoms with Crippen molar-refractivity contribution >= 4 is 28.2 Å². The number of aliphatic hydroxyl groups is 1. The van der Waals surface area contributed by atoms with E-state index in [-0.39, 0.29) is 11.9 Å². The Balaban J connectivity index is 1.50. The van der Waals surface area contributed by atoms with Gasteiger partial charge >= 0.3 is 0 Å². The Hall–Kier alpha value is -3.87. The molecule has 0 aliphatic carbocycles. The van der Waals surface area contributed by atoms with Crippen LogP contribution in [0.15, 0.2) is 79.1 Å². The van der Waals surface area contributed by atoms with E-state index in [2.05, 4.69) is 32.4 Å². The second-order valence-electron chi connectivity index (χ2n) is 10.4. The van der Waals surface area contributed by atoms with Gasteiger partial charge in [-0.1, -0.05) is 60.1 Å². The summed E-state index contributed by atoms with van der Waals surface area (Å²) in [5.74, 6) is 0.0721. The van der Waals surface area contributed by atoms with Crippen LogP contribution in [0.4, 0.5) is 10.1 Å². The molecule has 0 saturated heterocycles. The molecule has 3 aromatic carbocycles. The first-order valence-electron chi connectivity index (χ1n) is 12.8. The molecule has 2 aromatic heterocycles. The number of fused-ring (bicyclic) bond motifs is 1. The molecule has 5 aromatic rings. The number of hydrogen-bond donors (Lipinski definition) is 2. The Kier molecular flexibility index (Phi) is 7.34. The van der Waals surface area contributed by atoms with E-state index in [9.17, 15) is 5.11 Å². The number of aromatic nitrogens is 3. The largest absolute Gasteiger partial charge is 0.382 e. The van der Waals surface area contributed by atoms with E-state index in [0.717, 1.165) is 34.0 Å². The number of rotatable bonds is 7. The number of nitrogens with one attached hydrogen (secondary N) is 1. The van der Waals surface area contributed by atoms with Gasteiger partial charge in [-0.2, -0.15) is 0 Å². The van der Waals surface area contributed by atoms with Gasteiger partial charge < -0.3 is 10.4 Å². The Labute approximate surface area is 232 Å². The number of hydrogen-bond acceptors (Lipinski definition) is 5. The predicted octanol–water partition coefficient (Wildman–Crippen LogP) is 7.78. The number of halogens is 2. The fraction of sp³-hybridized carbons (Fsp3) is 0.219. The van der Waals surface area contributed by atoms with Crippen LogP contribution in [0.25, 0.3) is 22.0 Å². The Morgan fingerprint density at radius 3 is 2.36 bits per heavy atom. The third kappa shape index (κ3) is 5.77. The molecular weight excluding hydrogens is 511 g/mol. The molecule has 0 amide bonds. The summed E-state index contributed by atoms with van der Waals surface area (Å²) in [6, 6.07) is 20.9. The van der Waals surface area contributed by atoms with Crippen molar-refractivity contribution in [2.75, 3.05) is 5.32 Å². The molecule has 2 heterocycles. The van der Waals surface area contributed by atoms with Gasteiger partial charge in [0.1, 0.15) is 11.4 Å². The molecule has 7 heteroatoms. The van der Waals surface area contributed by atoms with Crippen molar-refractivity contribution < 1.29 is 9.50 Å². The molecule has 198 valence electrons. The van der Waals surface area contributed by atoms with Crippen LogP contribution >= 0.6 is 11.6 Å². The molecular formula is C32H30ClFN4O. The minimum atomic E-state index is -1.13. The van der Waals surface area contributed by atoms with Crippen LogP contribution in [0.1, 0.15) is 55.0 Å². The lowest BCUT2D eigenvalue weighted by Gasteiger charge is -2.21. The van der Waals surface area contributed by atoms with E-state index in [1.807, 2.05) is 62.4 Å². The average Bonchev–Trinajstić information content (AvgIpc) is 2.92. The van der Waals surface area contributed by atoms with E-state index in [1.54, 1.807) is 26.2 Å².